The van der Waals surface area contributed by atoms with Crippen LogP contribution in [0, 0.1) is 0 Å². The number of rotatable bonds is 3. The van der Waals surface area contributed by atoms with Crippen molar-refractivity contribution in [2.75, 3.05) is 13.1 Å². The number of carbonyl (C=O) groups excluding carboxylic acids is 1. The van der Waals surface area contributed by atoms with Crippen LogP contribution in [0.2, 0.25) is 0 Å². The van der Waals surface area contributed by atoms with Gasteiger partial charge in [0.15, 0.2) is 0 Å². The maximum absolute atomic E-state index is 12.0. The van der Waals surface area contributed by atoms with Gasteiger partial charge in [-0.1, -0.05) is 18.2 Å². The highest BCUT2D eigenvalue weighted by molar-refractivity contribution is 5.77. The molecule has 1 N–H and O–H groups in total. The number of carbonyl (C=O) groups is 1. The summed E-state index contributed by atoms with van der Waals surface area (Å²) in [4.78, 5) is 23.4. The molecule has 0 radical (unpaired) electrons. The summed E-state index contributed by atoms with van der Waals surface area (Å²) in [5.74, 6) is 0.816. The minimum atomic E-state index is -0.475. The Morgan fingerprint density at radius 3 is 2.96 bits per heavy atom. The van der Waals surface area contributed by atoms with Gasteiger partial charge in [-0.05, 0) is 46.2 Å². The lowest BCUT2D eigenvalue weighted by molar-refractivity contribution is 0.0469. The van der Waals surface area contributed by atoms with Crippen LogP contribution in [0.3, 0.4) is 0 Å². The fourth-order valence-corrected chi connectivity index (χ4v) is 3.08. The number of nitrogens with zero attached hydrogens (tertiary/aromatic N) is 3. The Bertz CT molecular complexity index is 742. The molecule has 1 aromatic heterocycles. The molecule has 3 rings (SSSR count). The molecule has 0 saturated carbocycles. The van der Waals surface area contributed by atoms with Crippen molar-refractivity contribution < 1.29 is 9.53 Å². The summed E-state index contributed by atoms with van der Waals surface area (Å²) in [6.45, 7) is 8.08. The molecule has 134 valence electrons. The highest BCUT2D eigenvalue weighted by Crippen LogP contribution is 2.15. The van der Waals surface area contributed by atoms with Crippen molar-refractivity contribution in [2.24, 2.45) is 0 Å². The number of aromatic nitrogens is 2. The second-order valence-corrected chi connectivity index (χ2v) is 7.57. The van der Waals surface area contributed by atoms with Crippen molar-refractivity contribution in [3.8, 4) is 0 Å². The number of hydrogen-bond acceptors (Lipinski definition) is 5. The molecule has 0 bridgehead atoms. The van der Waals surface area contributed by atoms with Crippen LogP contribution < -0.4 is 5.32 Å². The summed E-state index contributed by atoms with van der Waals surface area (Å²) in [5.41, 5.74) is 0.491. The molecule has 6 nitrogen and oxygen atoms in total. The summed E-state index contributed by atoms with van der Waals surface area (Å²) < 4.78 is 5.35. The van der Waals surface area contributed by atoms with E-state index in [2.05, 4.69) is 20.2 Å². The van der Waals surface area contributed by atoms with Crippen molar-refractivity contribution in [3.05, 3.63) is 36.3 Å². The van der Waals surface area contributed by atoms with E-state index in [1.54, 1.807) is 0 Å². The van der Waals surface area contributed by atoms with Gasteiger partial charge < -0.3 is 10.1 Å². The van der Waals surface area contributed by atoms with E-state index in [1.165, 1.54) is 0 Å². The van der Waals surface area contributed by atoms with Gasteiger partial charge in [-0.15, -0.1) is 0 Å². The third-order valence-electron chi connectivity index (χ3n) is 4.13. The average Bonchev–Trinajstić information content (AvgIpc) is 2.53. The Balaban J connectivity index is 1.58. The number of ether oxygens (including phenoxy) is 1. The largest absolute Gasteiger partial charge is 0.444 e. The first-order valence-corrected chi connectivity index (χ1v) is 8.81. The summed E-state index contributed by atoms with van der Waals surface area (Å²) in [6, 6.07) is 8.10. The van der Waals surface area contributed by atoms with Crippen LogP contribution in [-0.2, 0) is 11.3 Å². The Morgan fingerprint density at radius 2 is 2.16 bits per heavy atom. The Hall–Kier alpha value is -2.21. The number of hydrogen-bond donors (Lipinski definition) is 1. The highest BCUT2D eigenvalue weighted by atomic mass is 16.6. The molecule has 1 amide bonds. The Labute approximate surface area is 148 Å². The number of amides is 1. The predicted octanol–water partition coefficient (Wildman–Crippen LogP) is 3.12. The van der Waals surface area contributed by atoms with Gasteiger partial charge in [0.2, 0.25) is 0 Å². The summed E-state index contributed by atoms with van der Waals surface area (Å²) in [6.07, 6.45) is 3.53. The monoisotopic (exact) mass is 342 g/mol. The van der Waals surface area contributed by atoms with Crippen LogP contribution in [0.5, 0.6) is 0 Å². The predicted molar refractivity (Wildman–Crippen MR) is 97.2 cm³/mol. The zero-order chi connectivity index (χ0) is 17.9. The molecule has 1 aliphatic rings. The quantitative estimate of drug-likeness (QED) is 0.928. The lowest BCUT2D eigenvalue weighted by Crippen LogP contribution is -2.48. The molecule has 2 aromatic rings. The van der Waals surface area contributed by atoms with Crippen LogP contribution in [0.1, 0.15) is 39.4 Å². The maximum Gasteiger partial charge on any atom is 0.407 e. The van der Waals surface area contributed by atoms with Crippen molar-refractivity contribution in [2.45, 2.75) is 51.8 Å². The van der Waals surface area contributed by atoms with Crippen molar-refractivity contribution in [3.63, 3.8) is 0 Å². The van der Waals surface area contributed by atoms with E-state index in [1.807, 2.05) is 51.2 Å². The van der Waals surface area contributed by atoms with Crippen molar-refractivity contribution in [1.29, 1.82) is 0 Å². The van der Waals surface area contributed by atoms with Gasteiger partial charge in [0, 0.05) is 24.2 Å². The standard InChI is InChI=1S/C19H26N4O2/c1-19(2,3)25-18(24)21-15-8-6-10-23(12-15)13-17-20-11-14-7-4-5-9-16(14)22-17/h4-5,7,9,11,15H,6,8,10,12-13H2,1-3H3,(H,21,24)/t15-/m1/s1. The van der Waals surface area contributed by atoms with E-state index in [4.69, 9.17) is 4.74 Å². The number of alkyl carbamates (subject to hydrolysis) is 1. The van der Waals surface area contributed by atoms with Gasteiger partial charge >= 0.3 is 6.09 Å². The molecule has 1 atom stereocenters. The number of benzene rings is 1. The first-order valence-electron chi connectivity index (χ1n) is 8.81. The molecule has 2 heterocycles. The number of piperidine rings is 1. The van der Waals surface area contributed by atoms with E-state index in [9.17, 15) is 4.79 Å². The second kappa shape index (κ2) is 7.35. The van der Waals surface area contributed by atoms with Gasteiger partial charge in [-0.3, -0.25) is 4.90 Å². The van der Waals surface area contributed by atoms with E-state index in [0.29, 0.717) is 6.54 Å². The molecular formula is C19H26N4O2. The number of nitrogens with one attached hydrogen (secondary N) is 1. The van der Waals surface area contributed by atoms with Gasteiger partial charge in [-0.2, -0.15) is 0 Å². The Kier molecular flexibility index (Phi) is 5.18. The molecule has 1 saturated heterocycles. The maximum atomic E-state index is 12.0. The number of para-hydroxylation sites is 1. The SMILES string of the molecule is CC(C)(C)OC(=O)N[C@@H]1CCCN(Cc2ncc3ccccc3n2)C1. The summed E-state index contributed by atoms with van der Waals surface area (Å²) in [7, 11) is 0. The first-order chi connectivity index (χ1) is 11.9. The van der Waals surface area contributed by atoms with Crippen LogP contribution in [0.15, 0.2) is 30.5 Å². The molecule has 0 unspecified atom stereocenters. The number of fused-ring (bicyclic) bond motifs is 1. The molecule has 0 spiro atoms. The van der Waals surface area contributed by atoms with E-state index in [-0.39, 0.29) is 12.1 Å². The van der Waals surface area contributed by atoms with Gasteiger partial charge in [-0.25, -0.2) is 14.8 Å². The summed E-state index contributed by atoms with van der Waals surface area (Å²) >= 11 is 0. The fourth-order valence-electron chi connectivity index (χ4n) is 3.08. The first kappa shape index (κ1) is 17.6. The molecule has 6 heteroatoms. The van der Waals surface area contributed by atoms with Crippen molar-refractivity contribution in [1.82, 2.24) is 20.2 Å². The molecular weight excluding hydrogens is 316 g/mol. The molecule has 25 heavy (non-hydrogen) atoms. The lowest BCUT2D eigenvalue weighted by Gasteiger charge is -2.33. The Morgan fingerprint density at radius 1 is 1.36 bits per heavy atom. The normalized spacial score (nSPS) is 18.9. The van der Waals surface area contributed by atoms with Gasteiger partial charge in [0.25, 0.3) is 0 Å². The van der Waals surface area contributed by atoms with Gasteiger partial charge in [0.1, 0.15) is 11.4 Å². The van der Waals surface area contributed by atoms with Crippen molar-refractivity contribution >= 4 is 17.0 Å². The minimum absolute atomic E-state index is 0.101. The van der Waals surface area contributed by atoms with Crippen LogP contribution in [-0.4, -0.2) is 45.7 Å². The fraction of sp³-hybridized carbons (Fsp3) is 0.526. The second-order valence-electron chi connectivity index (χ2n) is 7.57. The highest BCUT2D eigenvalue weighted by Gasteiger charge is 2.24. The van der Waals surface area contributed by atoms with Gasteiger partial charge in [0.05, 0.1) is 12.1 Å². The molecule has 0 aliphatic carbocycles. The van der Waals surface area contributed by atoms with E-state index < -0.39 is 5.60 Å². The zero-order valence-corrected chi connectivity index (χ0v) is 15.2. The van der Waals surface area contributed by atoms with Crippen LogP contribution in [0.4, 0.5) is 4.79 Å². The molecule has 1 aliphatic heterocycles. The third kappa shape index (κ3) is 5.13. The van der Waals surface area contributed by atoms with E-state index in [0.717, 1.165) is 42.7 Å². The molecule has 1 fully saturated rings. The third-order valence-corrected chi connectivity index (χ3v) is 4.13. The number of likely N-dealkylation sites (tertiary alicyclic amines) is 1. The molecule has 1 aromatic carbocycles. The smallest absolute Gasteiger partial charge is 0.407 e. The van der Waals surface area contributed by atoms with Crippen LogP contribution >= 0.6 is 0 Å². The zero-order valence-electron chi connectivity index (χ0n) is 15.2. The topological polar surface area (TPSA) is 67.3 Å². The van der Waals surface area contributed by atoms with E-state index >= 15 is 0 Å². The van der Waals surface area contributed by atoms with Crippen LogP contribution in [0.25, 0.3) is 10.9 Å². The average molecular weight is 342 g/mol. The minimum Gasteiger partial charge on any atom is -0.444 e. The summed E-state index contributed by atoms with van der Waals surface area (Å²) in [5, 5.41) is 4.03. The lowest BCUT2D eigenvalue weighted by atomic mass is 10.1.